The van der Waals surface area contributed by atoms with Crippen molar-refractivity contribution in [3.8, 4) is 0 Å². The van der Waals surface area contributed by atoms with Crippen LogP contribution in [0.15, 0.2) is 0 Å². The van der Waals surface area contributed by atoms with Gasteiger partial charge in [0.2, 0.25) is 5.91 Å². The molecule has 10 nitrogen and oxygen atoms in total. The summed E-state index contributed by atoms with van der Waals surface area (Å²) in [5.41, 5.74) is -2.46. The molecule has 26 heavy (non-hydrogen) atoms. The third-order valence-corrected chi connectivity index (χ3v) is 3.97. The summed E-state index contributed by atoms with van der Waals surface area (Å²) in [6.45, 7) is 5.20. The van der Waals surface area contributed by atoms with Gasteiger partial charge in [0.25, 0.3) is 0 Å². The van der Waals surface area contributed by atoms with Gasteiger partial charge in [0.05, 0.1) is 19.3 Å². The monoisotopic (exact) mass is 378 g/mol. The van der Waals surface area contributed by atoms with Gasteiger partial charge in [-0.2, -0.15) is 0 Å². The highest BCUT2D eigenvalue weighted by atomic mass is 16.6. The van der Waals surface area contributed by atoms with Crippen LogP contribution in [-0.2, 0) is 14.3 Å². The number of hydrogen-bond acceptors (Lipinski definition) is 8. The van der Waals surface area contributed by atoms with Crippen LogP contribution in [0.3, 0.4) is 0 Å². The number of nitrogens with one attached hydrogen (secondary N) is 2. The van der Waals surface area contributed by atoms with E-state index in [1.165, 1.54) is 6.92 Å². The van der Waals surface area contributed by atoms with Crippen LogP contribution in [0.5, 0.6) is 0 Å². The molecule has 1 aliphatic heterocycles. The standard InChI is InChI=1S/C16H30N2O8/c1-9(18-14(23)26-15(2,3)4)13(22)17-6-12-16(24,8-20)5-10(21)11(7-19)25-12/h9-12,19-21,24H,5-8H2,1-4H3,(H,17,22)(H,18,23)/t9-,10?,11?,12+,16?/m0/s1. The molecule has 1 rings (SSSR count). The molecule has 0 radical (unpaired) electrons. The average molecular weight is 378 g/mol. The molecule has 152 valence electrons. The van der Waals surface area contributed by atoms with Crippen molar-refractivity contribution in [3.05, 3.63) is 0 Å². The second-order valence-corrected chi connectivity index (χ2v) is 7.49. The molecule has 2 amide bonds. The van der Waals surface area contributed by atoms with Crippen molar-refractivity contribution < 1.29 is 39.5 Å². The van der Waals surface area contributed by atoms with Crippen LogP contribution in [-0.4, -0.2) is 87.7 Å². The van der Waals surface area contributed by atoms with E-state index < -0.39 is 60.8 Å². The van der Waals surface area contributed by atoms with Gasteiger partial charge in [-0.3, -0.25) is 4.79 Å². The number of ether oxygens (including phenoxy) is 2. The van der Waals surface area contributed by atoms with Crippen molar-refractivity contribution in [2.75, 3.05) is 19.8 Å². The minimum atomic E-state index is -1.76. The van der Waals surface area contributed by atoms with Crippen LogP contribution in [0.25, 0.3) is 0 Å². The number of rotatable bonds is 6. The number of aliphatic hydroxyl groups is 4. The Labute approximate surface area is 152 Å². The quantitative estimate of drug-likeness (QED) is 0.318. The molecule has 6 N–H and O–H groups in total. The molecule has 1 aliphatic rings. The highest BCUT2D eigenvalue weighted by molar-refractivity contribution is 5.85. The number of carbonyl (C=O) groups excluding carboxylic acids is 2. The summed E-state index contributed by atoms with van der Waals surface area (Å²) in [7, 11) is 0. The van der Waals surface area contributed by atoms with E-state index in [2.05, 4.69) is 10.6 Å². The highest BCUT2D eigenvalue weighted by Gasteiger charge is 2.47. The zero-order chi connectivity index (χ0) is 20.1. The lowest BCUT2D eigenvalue weighted by atomic mass is 9.85. The fraction of sp³-hybridized carbons (Fsp3) is 0.875. The summed E-state index contributed by atoms with van der Waals surface area (Å²) < 4.78 is 10.5. The lowest BCUT2D eigenvalue weighted by molar-refractivity contribution is -0.231. The van der Waals surface area contributed by atoms with Gasteiger partial charge in [-0.25, -0.2) is 4.79 Å². The summed E-state index contributed by atoms with van der Waals surface area (Å²) in [6, 6.07) is -0.908. The van der Waals surface area contributed by atoms with Crippen molar-refractivity contribution >= 4 is 12.0 Å². The minimum Gasteiger partial charge on any atom is -0.444 e. The second kappa shape index (κ2) is 8.96. The van der Waals surface area contributed by atoms with Gasteiger partial charge in [-0.05, 0) is 27.7 Å². The van der Waals surface area contributed by atoms with Crippen molar-refractivity contribution in [1.29, 1.82) is 0 Å². The van der Waals surface area contributed by atoms with Crippen molar-refractivity contribution in [2.24, 2.45) is 0 Å². The van der Waals surface area contributed by atoms with Crippen LogP contribution in [0.2, 0.25) is 0 Å². The first-order valence-corrected chi connectivity index (χ1v) is 8.46. The maximum atomic E-state index is 12.1. The van der Waals surface area contributed by atoms with Crippen LogP contribution in [0.4, 0.5) is 4.79 Å². The number of aliphatic hydroxyl groups excluding tert-OH is 3. The molecular formula is C16H30N2O8. The van der Waals surface area contributed by atoms with Crippen LogP contribution in [0, 0.1) is 0 Å². The Morgan fingerprint density at radius 3 is 2.46 bits per heavy atom. The van der Waals surface area contributed by atoms with Crippen molar-refractivity contribution in [3.63, 3.8) is 0 Å². The topological polar surface area (TPSA) is 158 Å². The molecule has 5 atom stereocenters. The Hall–Kier alpha value is -1.46. The normalized spacial score (nSPS) is 30.4. The zero-order valence-corrected chi connectivity index (χ0v) is 15.6. The molecular weight excluding hydrogens is 348 g/mol. The molecule has 3 unspecified atom stereocenters. The van der Waals surface area contributed by atoms with E-state index in [1.807, 2.05) is 0 Å². The van der Waals surface area contributed by atoms with Gasteiger partial charge in [-0.15, -0.1) is 0 Å². The minimum absolute atomic E-state index is 0.181. The summed E-state index contributed by atoms with van der Waals surface area (Å²) in [5, 5.41) is 43.7. The van der Waals surface area contributed by atoms with Gasteiger partial charge in [0.15, 0.2) is 0 Å². The van der Waals surface area contributed by atoms with Crippen LogP contribution >= 0.6 is 0 Å². The van der Waals surface area contributed by atoms with E-state index >= 15 is 0 Å². The highest BCUT2D eigenvalue weighted by Crippen LogP contribution is 2.29. The third kappa shape index (κ3) is 6.36. The Morgan fingerprint density at radius 2 is 1.96 bits per heavy atom. The van der Waals surface area contributed by atoms with Gasteiger partial charge < -0.3 is 40.5 Å². The fourth-order valence-corrected chi connectivity index (χ4v) is 2.52. The number of hydrogen-bond donors (Lipinski definition) is 6. The first-order valence-electron chi connectivity index (χ1n) is 8.46. The Bertz CT molecular complexity index is 495. The van der Waals surface area contributed by atoms with E-state index in [-0.39, 0.29) is 13.0 Å². The van der Waals surface area contributed by atoms with Gasteiger partial charge in [0.1, 0.15) is 29.5 Å². The van der Waals surface area contributed by atoms with Gasteiger partial charge in [0, 0.05) is 13.0 Å². The number of amides is 2. The molecule has 0 aromatic rings. The summed E-state index contributed by atoms with van der Waals surface area (Å²) in [4.78, 5) is 23.8. The molecule has 0 spiro atoms. The third-order valence-electron chi connectivity index (χ3n) is 3.97. The van der Waals surface area contributed by atoms with E-state index in [1.54, 1.807) is 20.8 Å². The molecule has 10 heteroatoms. The molecule has 0 saturated carbocycles. The second-order valence-electron chi connectivity index (χ2n) is 7.49. The van der Waals surface area contributed by atoms with Crippen LogP contribution in [0.1, 0.15) is 34.1 Å². The van der Waals surface area contributed by atoms with E-state index in [0.717, 1.165) is 0 Å². The lowest BCUT2D eigenvalue weighted by Gasteiger charge is -2.44. The van der Waals surface area contributed by atoms with E-state index in [9.17, 15) is 30.0 Å². The maximum absolute atomic E-state index is 12.1. The van der Waals surface area contributed by atoms with Gasteiger partial charge >= 0.3 is 6.09 Å². The molecule has 1 fully saturated rings. The molecule has 0 aromatic carbocycles. The molecule has 0 bridgehead atoms. The molecule has 1 saturated heterocycles. The largest absolute Gasteiger partial charge is 0.444 e. The predicted molar refractivity (Wildman–Crippen MR) is 90.2 cm³/mol. The number of alkyl carbamates (subject to hydrolysis) is 1. The molecule has 0 aliphatic carbocycles. The van der Waals surface area contributed by atoms with E-state index in [0.29, 0.717) is 0 Å². The van der Waals surface area contributed by atoms with Crippen molar-refractivity contribution in [2.45, 2.75) is 69.7 Å². The predicted octanol–water partition coefficient (Wildman–Crippen LogP) is -1.75. The first-order chi connectivity index (χ1) is 11.9. The summed E-state index contributed by atoms with van der Waals surface area (Å²) in [6.07, 6.45) is -4.06. The Morgan fingerprint density at radius 1 is 1.35 bits per heavy atom. The Balaban J connectivity index is 2.59. The summed E-state index contributed by atoms with van der Waals surface area (Å²) >= 11 is 0. The van der Waals surface area contributed by atoms with Crippen molar-refractivity contribution in [1.82, 2.24) is 10.6 Å². The summed E-state index contributed by atoms with van der Waals surface area (Å²) in [5.74, 6) is -0.550. The smallest absolute Gasteiger partial charge is 0.408 e. The Kier molecular flexibility index (Phi) is 7.78. The maximum Gasteiger partial charge on any atom is 0.408 e. The zero-order valence-electron chi connectivity index (χ0n) is 15.6. The van der Waals surface area contributed by atoms with E-state index in [4.69, 9.17) is 9.47 Å². The number of carbonyl (C=O) groups is 2. The fourth-order valence-electron chi connectivity index (χ4n) is 2.52. The molecule has 1 heterocycles. The lowest BCUT2D eigenvalue weighted by Crippen LogP contribution is -2.62. The SMILES string of the molecule is C[C@H](NC(=O)OC(C)(C)C)C(=O)NC[C@H]1OC(CO)C(O)CC1(O)CO. The first kappa shape index (κ1) is 22.6. The molecule has 0 aromatic heterocycles. The van der Waals surface area contributed by atoms with Crippen LogP contribution < -0.4 is 10.6 Å². The van der Waals surface area contributed by atoms with Gasteiger partial charge in [-0.1, -0.05) is 0 Å². The average Bonchev–Trinajstić information content (AvgIpc) is 2.51.